The highest BCUT2D eigenvalue weighted by atomic mass is 16.5. The molecule has 7 heteroatoms. The van der Waals surface area contributed by atoms with Crippen molar-refractivity contribution in [2.45, 2.75) is 38.4 Å². The van der Waals surface area contributed by atoms with E-state index in [4.69, 9.17) is 9.47 Å². The van der Waals surface area contributed by atoms with Gasteiger partial charge in [0.05, 0.1) is 14.2 Å². The van der Waals surface area contributed by atoms with Gasteiger partial charge in [-0.3, -0.25) is 9.89 Å². The summed E-state index contributed by atoms with van der Waals surface area (Å²) >= 11 is 0. The average molecular weight is 427 g/mol. The number of benzene rings is 2. The molecule has 0 radical (unpaired) electrons. The molecule has 7 nitrogen and oxygen atoms in total. The molecule has 3 N–H and O–H groups in total. The summed E-state index contributed by atoms with van der Waals surface area (Å²) in [6, 6.07) is 15.1. The van der Waals surface area contributed by atoms with Gasteiger partial charge < -0.3 is 25.2 Å². The maximum Gasteiger partial charge on any atom is 0.200 e. The number of methoxy groups -OCH3 is 2. The van der Waals surface area contributed by atoms with E-state index >= 15 is 0 Å². The van der Waals surface area contributed by atoms with Crippen LogP contribution in [0.2, 0.25) is 0 Å². The third-order valence-corrected chi connectivity index (χ3v) is 5.92. The SMILES string of the molecule is CN=C(NCc1cc(OC)c(O)c(OC)c1)NC1CCN(C(C)c2ccccc2)CC1. The van der Waals surface area contributed by atoms with Crippen molar-refractivity contribution >= 4 is 5.96 Å². The first-order valence-electron chi connectivity index (χ1n) is 10.8. The second kappa shape index (κ2) is 10.9. The van der Waals surface area contributed by atoms with Crippen molar-refractivity contribution in [3.8, 4) is 17.2 Å². The molecule has 3 rings (SSSR count). The number of aliphatic imine (C=N–C) groups is 1. The standard InChI is InChI=1S/C24H34N4O3/c1-17(19-8-6-5-7-9-19)28-12-10-20(11-13-28)27-24(25-2)26-16-18-14-21(30-3)23(29)22(15-18)31-4/h5-9,14-15,17,20,29H,10-13,16H2,1-4H3,(H2,25,26,27). The van der Waals surface area contributed by atoms with Crippen LogP contribution in [0.5, 0.6) is 17.2 Å². The fourth-order valence-electron chi connectivity index (χ4n) is 4.00. The second-order valence-corrected chi connectivity index (χ2v) is 7.82. The van der Waals surface area contributed by atoms with E-state index in [1.165, 1.54) is 19.8 Å². The lowest BCUT2D eigenvalue weighted by atomic mass is 10.0. The molecule has 1 aliphatic rings. The molecule has 2 aromatic carbocycles. The van der Waals surface area contributed by atoms with Gasteiger partial charge >= 0.3 is 0 Å². The van der Waals surface area contributed by atoms with Gasteiger partial charge in [0, 0.05) is 38.8 Å². The highest BCUT2D eigenvalue weighted by Crippen LogP contribution is 2.37. The average Bonchev–Trinajstić information content (AvgIpc) is 2.82. The molecule has 0 bridgehead atoms. The molecule has 0 aromatic heterocycles. The molecule has 2 aromatic rings. The molecule has 0 amide bonds. The van der Waals surface area contributed by atoms with Crippen molar-refractivity contribution in [3.05, 3.63) is 53.6 Å². The summed E-state index contributed by atoms with van der Waals surface area (Å²) < 4.78 is 10.5. The van der Waals surface area contributed by atoms with Gasteiger partial charge in [0.15, 0.2) is 17.5 Å². The molecule has 1 unspecified atom stereocenters. The van der Waals surface area contributed by atoms with Crippen LogP contribution < -0.4 is 20.1 Å². The minimum atomic E-state index is 0.00717. The molecule has 0 spiro atoms. The van der Waals surface area contributed by atoms with Gasteiger partial charge in [-0.05, 0) is 43.0 Å². The maximum absolute atomic E-state index is 10.1. The summed E-state index contributed by atoms with van der Waals surface area (Å²) in [5.74, 6) is 1.55. The van der Waals surface area contributed by atoms with Crippen LogP contribution in [0.3, 0.4) is 0 Å². The third kappa shape index (κ3) is 5.82. The summed E-state index contributed by atoms with van der Waals surface area (Å²) in [6.07, 6.45) is 2.14. The molecule has 168 valence electrons. The number of nitrogens with zero attached hydrogens (tertiary/aromatic N) is 2. The monoisotopic (exact) mass is 426 g/mol. The Morgan fingerprint density at radius 2 is 1.74 bits per heavy atom. The van der Waals surface area contributed by atoms with E-state index in [0.717, 1.165) is 37.5 Å². The fourth-order valence-corrected chi connectivity index (χ4v) is 4.00. The van der Waals surface area contributed by atoms with E-state index in [2.05, 4.69) is 57.8 Å². The van der Waals surface area contributed by atoms with Crippen LogP contribution in [0.15, 0.2) is 47.5 Å². The molecule has 1 atom stereocenters. The largest absolute Gasteiger partial charge is 0.502 e. The minimum Gasteiger partial charge on any atom is -0.502 e. The molecule has 0 aliphatic carbocycles. The van der Waals surface area contributed by atoms with Gasteiger partial charge in [0.2, 0.25) is 5.75 Å². The molecular weight excluding hydrogens is 392 g/mol. The highest BCUT2D eigenvalue weighted by molar-refractivity contribution is 5.80. The van der Waals surface area contributed by atoms with Gasteiger partial charge in [-0.25, -0.2) is 0 Å². The normalized spacial score (nSPS) is 16.6. The number of hydrogen-bond donors (Lipinski definition) is 3. The number of phenols is 1. The van der Waals surface area contributed by atoms with E-state index < -0.39 is 0 Å². The first-order chi connectivity index (χ1) is 15.0. The van der Waals surface area contributed by atoms with Crippen LogP contribution in [0.4, 0.5) is 0 Å². The Hall–Kier alpha value is -2.93. The molecule has 31 heavy (non-hydrogen) atoms. The topological polar surface area (TPSA) is 78.4 Å². The summed E-state index contributed by atoms with van der Waals surface area (Å²) in [6.45, 7) is 4.93. The zero-order valence-electron chi connectivity index (χ0n) is 18.9. The maximum atomic E-state index is 10.1. The summed E-state index contributed by atoms with van der Waals surface area (Å²) in [5.41, 5.74) is 2.30. The smallest absolute Gasteiger partial charge is 0.200 e. The molecule has 1 fully saturated rings. The van der Waals surface area contributed by atoms with E-state index in [1.807, 2.05) is 0 Å². The van der Waals surface area contributed by atoms with Crippen LogP contribution in [0, 0.1) is 0 Å². The van der Waals surface area contributed by atoms with Crippen molar-refractivity contribution in [3.63, 3.8) is 0 Å². The number of hydrogen-bond acceptors (Lipinski definition) is 5. The third-order valence-electron chi connectivity index (χ3n) is 5.92. The Morgan fingerprint density at radius 1 is 1.13 bits per heavy atom. The van der Waals surface area contributed by atoms with Gasteiger partial charge in [-0.15, -0.1) is 0 Å². The van der Waals surface area contributed by atoms with Crippen LogP contribution in [0.25, 0.3) is 0 Å². The van der Waals surface area contributed by atoms with Gasteiger partial charge in [-0.2, -0.15) is 0 Å². The lowest BCUT2D eigenvalue weighted by Crippen LogP contribution is -2.48. The number of aromatic hydroxyl groups is 1. The fraction of sp³-hybridized carbons (Fsp3) is 0.458. The Balaban J connectivity index is 1.51. The predicted molar refractivity (Wildman–Crippen MR) is 124 cm³/mol. The number of piperidine rings is 1. The van der Waals surface area contributed by atoms with E-state index in [9.17, 15) is 5.11 Å². The predicted octanol–water partition coefficient (Wildman–Crippen LogP) is 3.30. The van der Waals surface area contributed by atoms with E-state index in [0.29, 0.717) is 30.1 Å². The summed E-state index contributed by atoms with van der Waals surface area (Å²) in [4.78, 5) is 6.91. The Labute approximate surface area is 185 Å². The van der Waals surface area contributed by atoms with Crippen molar-refractivity contribution < 1.29 is 14.6 Å². The molecular formula is C24H34N4O3. The molecule has 1 saturated heterocycles. The second-order valence-electron chi connectivity index (χ2n) is 7.82. The lowest BCUT2D eigenvalue weighted by molar-refractivity contribution is 0.158. The number of phenolic OH excluding ortho intramolecular Hbond substituents is 1. The van der Waals surface area contributed by atoms with Crippen molar-refractivity contribution in [1.82, 2.24) is 15.5 Å². The number of likely N-dealkylation sites (tertiary alicyclic amines) is 1. The zero-order valence-corrected chi connectivity index (χ0v) is 18.9. The van der Waals surface area contributed by atoms with Crippen molar-refractivity contribution in [2.75, 3.05) is 34.4 Å². The quantitative estimate of drug-likeness (QED) is 0.466. The Kier molecular flexibility index (Phi) is 8.00. The molecule has 1 aliphatic heterocycles. The van der Waals surface area contributed by atoms with Crippen LogP contribution in [-0.4, -0.2) is 56.4 Å². The number of ether oxygens (including phenoxy) is 2. The molecule has 0 saturated carbocycles. The Morgan fingerprint density at radius 3 is 2.29 bits per heavy atom. The zero-order chi connectivity index (χ0) is 22.2. The van der Waals surface area contributed by atoms with E-state index in [-0.39, 0.29) is 5.75 Å². The summed E-state index contributed by atoms with van der Waals surface area (Å²) in [5, 5.41) is 17.0. The van der Waals surface area contributed by atoms with E-state index in [1.54, 1.807) is 19.2 Å². The summed E-state index contributed by atoms with van der Waals surface area (Å²) in [7, 11) is 4.83. The van der Waals surface area contributed by atoms with Crippen molar-refractivity contribution in [2.24, 2.45) is 4.99 Å². The van der Waals surface area contributed by atoms with Gasteiger partial charge in [0.1, 0.15) is 0 Å². The lowest BCUT2D eigenvalue weighted by Gasteiger charge is -2.37. The number of rotatable bonds is 7. The van der Waals surface area contributed by atoms with Crippen LogP contribution in [-0.2, 0) is 6.54 Å². The number of nitrogens with one attached hydrogen (secondary N) is 2. The first kappa shape index (κ1) is 22.7. The van der Waals surface area contributed by atoms with Gasteiger partial charge in [-0.1, -0.05) is 30.3 Å². The van der Waals surface area contributed by atoms with Crippen LogP contribution in [0.1, 0.15) is 36.9 Å². The van der Waals surface area contributed by atoms with Crippen LogP contribution >= 0.6 is 0 Å². The number of guanidine groups is 1. The molecule has 1 heterocycles. The minimum absolute atomic E-state index is 0.00717. The highest BCUT2D eigenvalue weighted by Gasteiger charge is 2.24. The Bertz CT molecular complexity index is 839. The van der Waals surface area contributed by atoms with Crippen molar-refractivity contribution in [1.29, 1.82) is 0 Å². The van der Waals surface area contributed by atoms with Gasteiger partial charge in [0.25, 0.3) is 0 Å². The first-order valence-corrected chi connectivity index (χ1v) is 10.8.